The Kier molecular flexibility index (Phi) is 5.70. The molecule has 1 aliphatic rings. The van der Waals surface area contributed by atoms with Gasteiger partial charge in [-0.2, -0.15) is 0 Å². The van der Waals surface area contributed by atoms with Crippen molar-refractivity contribution in [1.29, 1.82) is 0 Å². The van der Waals surface area contributed by atoms with Gasteiger partial charge in [-0.15, -0.1) is 0 Å². The van der Waals surface area contributed by atoms with Crippen molar-refractivity contribution in [2.45, 2.75) is 19.4 Å². The Balaban J connectivity index is 1.25. The molecular formula is C23H22N2O4. The third-order valence-corrected chi connectivity index (χ3v) is 5.03. The number of piperidine rings is 1. The number of ether oxygens (including phenoxy) is 1. The number of aromatic nitrogens is 1. The molecule has 1 amide bonds. The van der Waals surface area contributed by atoms with Gasteiger partial charge in [0, 0.05) is 19.2 Å². The molecular weight excluding hydrogens is 368 g/mol. The molecule has 0 atom stereocenters. The zero-order valence-corrected chi connectivity index (χ0v) is 16.0. The van der Waals surface area contributed by atoms with Crippen LogP contribution in [-0.2, 0) is 20.9 Å². The first-order chi connectivity index (χ1) is 14.2. The lowest BCUT2D eigenvalue weighted by Crippen LogP contribution is -2.39. The van der Waals surface area contributed by atoms with Gasteiger partial charge in [-0.25, -0.2) is 4.98 Å². The first kappa shape index (κ1) is 18.9. The summed E-state index contributed by atoms with van der Waals surface area (Å²) in [5.41, 5.74) is 2.40. The van der Waals surface area contributed by atoms with Gasteiger partial charge >= 0.3 is 5.97 Å². The number of carbonyl (C=O) groups is 2. The Morgan fingerprint density at radius 1 is 1.07 bits per heavy atom. The number of amides is 1. The van der Waals surface area contributed by atoms with Gasteiger partial charge in [0.1, 0.15) is 5.52 Å². The molecule has 6 heteroatoms. The van der Waals surface area contributed by atoms with Crippen LogP contribution in [0, 0.1) is 5.92 Å². The highest BCUT2D eigenvalue weighted by Gasteiger charge is 2.28. The number of likely N-dealkylation sites (tertiary alicyclic amines) is 1. The fourth-order valence-corrected chi connectivity index (χ4v) is 3.41. The van der Waals surface area contributed by atoms with Crippen LogP contribution in [0.4, 0.5) is 0 Å². The Morgan fingerprint density at radius 2 is 1.79 bits per heavy atom. The smallest absolute Gasteiger partial charge is 0.309 e. The third-order valence-electron chi connectivity index (χ3n) is 5.03. The average Bonchev–Trinajstić information content (AvgIpc) is 3.20. The second-order valence-corrected chi connectivity index (χ2v) is 7.03. The maximum Gasteiger partial charge on any atom is 0.309 e. The van der Waals surface area contributed by atoms with E-state index in [4.69, 9.17) is 9.15 Å². The van der Waals surface area contributed by atoms with Crippen LogP contribution in [-0.4, -0.2) is 34.8 Å². The lowest BCUT2D eigenvalue weighted by molar-refractivity contribution is -0.153. The molecule has 29 heavy (non-hydrogen) atoms. The fraction of sp³-hybridized carbons (Fsp3) is 0.261. The molecule has 0 spiro atoms. The van der Waals surface area contributed by atoms with E-state index >= 15 is 0 Å². The van der Waals surface area contributed by atoms with E-state index in [0.717, 1.165) is 11.1 Å². The molecule has 1 saturated heterocycles. The quantitative estimate of drug-likeness (QED) is 0.489. The van der Waals surface area contributed by atoms with Gasteiger partial charge in [-0.1, -0.05) is 42.5 Å². The molecule has 0 unspecified atom stereocenters. The molecule has 1 fully saturated rings. The van der Waals surface area contributed by atoms with Crippen LogP contribution < -0.4 is 0 Å². The third kappa shape index (κ3) is 4.71. The van der Waals surface area contributed by atoms with Crippen LogP contribution in [0.15, 0.2) is 65.1 Å². The van der Waals surface area contributed by atoms with Crippen molar-refractivity contribution in [2.75, 3.05) is 13.1 Å². The van der Waals surface area contributed by atoms with E-state index in [1.807, 2.05) is 60.7 Å². The summed E-state index contributed by atoms with van der Waals surface area (Å²) in [5.74, 6) is -0.119. The summed E-state index contributed by atoms with van der Waals surface area (Å²) < 4.78 is 11.0. The van der Waals surface area contributed by atoms with Crippen molar-refractivity contribution in [3.8, 4) is 0 Å². The number of fused-ring (bicyclic) bond motifs is 1. The molecule has 0 saturated carbocycles. The fourth-order valence-electron chi connectivity index (χ4n) is 3.41. The zero-order chi connectivity index (χ0) is 20.1. The van der Waals surface area contributed by atoms with Gasteiger partial charge in [0.25, 0.3) is 0 Å². The van der Waals surface area contributed by atoms with Crippen molar-refractivity contribution in [1.82, 2.24) is 9.88 Å². The van der Waals surface area contributed by atoms with E-state index in [1.165, 1.54) is 0 Å². The van der Waals surface area contributed by atoms with E-state index in [9.17, 15) is 9.59 Å². The van der Waals surface area contributed by atoms with Crippen LogP contribution in [0.5, 0.6) is 0 Å². The summed E-state index contributed by atoms with van der Waals surface area (Å²) in [6.07, 6.45) is 4.58. The zero-order valence-electron chi connectivity index (χ0n) is 16.0. The van der Waals surface area contributed by atoms with E-state index in [1.54, 1.807) is 11.0 Å². The number of hydrogen-bond donors (Lipinski definition) is 0. The minimum atomic E-state index is -0.265. The van der Waals surface area contributed by atoms with Crippen molar-refractivity contribution < 1.29 is 18.7 Å². The molecule has 1 aliphatic heterocycles. The maximum atomic E-state index is 12.4. The number of rotatable bonds is 5. The molecule has 4 rings (SSSR count). The summed E-state index contributed by atoms with van der Waals surface area (Å²) in [6, 6.07) is 17.1. The largest absolute Gasteiger partial charge is 0.455 e. The number of esters is 1. The van der Waals surface area contributed by atoms with Gasteiger partial charge in [-0.3, -0.25) is 9.59 Å². The second kappa shape index (κ2) is 8.73. The van der Waals surface area contributed by atoms with Crippen molar-refractivity contribution in [3.63, 3.8) is 0 Å². The van der Waals surface area contributed by atoms with E-state index in [-0.39, 0.29) is 24.4 Å². The van der Waals surface area contributed by atoms with Gasteiger partial charge in [0.2, 0.25) is 11.8 Å². The minimum absolute atomic E-state index is 0.0203. The first-order valence-electron chi connectivity index (χ1n) is 9.72. The molecule has 0 N–H and O–H groups in total. The van der Waals surface area contributed by atoms with Crippen LogP contribution in [0.2, 0.25) is 0 Å². The summed E-state index contributed by atoms with van der Waals surface area (Å²) >= 11 is 0. The molecule has 3 aromatic rings. The Morgan fingerprint density at radius 3 is 2.55 bits per heavy atom. The number of nitrogens with zero attached hydrogens (tertiary/aromatic N) is 2. The normalized spacial score (nSPS) is 15.1. The van der Waals surface area contributed by atoms with Crippen LogP contribution >= 0.6 is 0 Å². The lowest BCUT2D eigenvalue weighted by atomic mass is 9.97. The number of oxazole rings is 1. The van der Waals surface area contributed by atoms with E-state index in [0.29, 0.717) is 37.4 Å². The monoisotopic (exact) mass is 390 g/mol. The second-order valence-electron chi connectivity index (χ2n) is 7.03. The molecule has 0 aliphatic carbocycles. The van der Waals surface area contributed by atoms with Crippen LogP contribution in [0.1, 0.15) is 24.3 Å². The molecule has 6 nitrogen and oxygen atoms in total. The summed E-state index contributed by atoms with van der Waals surface area (Å²) in [6.45, 7) is 1.10. The molecule has 2 aromatic carbocycles. The van der Waals surface area contributed by atoms with Gasteiger partial charge in [0.05, 0.1) is 5.92 Å². The number of carbonyl (C=O) groups excluding carboxylic acids is 2. The average molecular weight is 390 g/mol. The molecule has 148 valence electrons. The van der Waals surface area contributed by atoms with E-state index in [2.05, 4.69) is 4.98 Å². The number of para-hydroxylation sites is 2. The predicted octanol–water partition coefficient (Wildman–Crippen LogP) is 3.82. The van der Waals surface area contributed by atoms with Crippen LogP contribution in [0.3, 0.4) is 0 Å². The number of hydrogen-bond acceptors (Lipinski definition) is 5. The summed E-state index contributed by atoms with van der Waals surface area (Å²) in [7, 11) is 0. The topological polar surface area (TPSA) is 72.6 Å². The van der Waals surface area contributed by atoms with Gasteiger partial charge in [0.15, 0.2) is 12.2 Å². The van der Waals surface area contributed by atoms with Crippen molar-refractivity contribution in [3.05, 3.63) is 72.1 Å². The highest BCUT2D eigenvalue weighted by Crippen LogP contribution is 2.21. The Hall–Kier alpha value is -3.41. The Bertz CT molecular complexity index is 985. The van der Waals surface area contributed by atoms with Gasteiger partial charge in [-0.05, 0) is 36.6 Å². The highest BCUT2D eigenvalue weighted by molar-refractivity contribution is 5.92. The number of benzene rings is 2. The molecule has 1 aromatic heterocycles. The van der Waals surface area contributed by atoms with E-state index < -0.39 is 0 Å². The molecule has 0 bridgehead atoms. The predicted molar refractivity (Wildman–Crippen MR) is 109 cm³/mol. The Labute approximate surface area is 168 Å². The summed E-state index contributed by atoms with van der Waals surface area (Å²) in [5, 5.41) is 0. The maximum absolute atomic E-state index is 12.4. The van der Waals surface area contributed by atoms with Crippen molar-refractivity contribution in [2.24, 2.45) is 5.92 Å². The molecule has 0 radical (unpaired) electrons. The highest BCUT2D eigenvalue weighted by atomic mass is 16.5. The first-order valence-corrected chi connectivity index (χ1v) is 9.72. The SMILES string of the molecule is O=C(OCc1nc2ccccc2o1)C1CCN(C(=O)/C=C/c2ccccc2)CC1. The van der Waals surface area contributed by atoms with Crippen molar-refractivity contribution >= 4 is 29.1 Å². The lowest BCUT2D eigenvalue weighted by Gasteiger charge is -2.30. The van der Waals surface area contributed by atoms with Gasteiger partial charge < -0.3 is 14.1 Å². The molecule has 2 heterocycles. The minimum Gasteiger partial charge on any atom is -0.455 e. The summed E-state index contributed by atoms with van der Waals surface area (Å²) in [4.78, 5) is 30.8. The standard InChI is InChI=1S/C23H22N2O4/c26-22(11-10-17-6-2-1-3-7-17)25-14-12-18(13-15-25)23(27)28-16-21-24-19-8-4-5-9-20(19)29-21/h1-11,18H,12-16H2/b11-10+. The van der Waals surface area contributed by atoms with Crippen LogP contribution in [0.25, 0.3) is 17.2 Å².